The molecule has 0 N–H and O–H groups in total. The van der Waals surface area contributed by atoms with Gasteiger partial charge in [-0.2, -0.15) is 0 Å². The maximum absolute atomic E-state index is 12.8. The largest absolute Gasteiger partial charge is 0.329 e. The monoisotopic (exact) mass is 326 g/mol. The van der Waals surface area contributed by atoms with Crippen molar-refractivity contribution in [2.45, 2.75) is 45.3 Å². The molecule has 21 heavy (non-hydrogen) atoms. The van der Waals surface area contributed by atoms with Crippen LogP contribution in [0.25, 0.3) is 0 Å². The van der Waals surface area contributed by atoms with Crippen LogP contribution in [-0.2, 0) is 16.1 Å². The van der Waals surface area contributed by atoms with E-state index in [0.717, 1.165) is 24.3 Å². The van der Waals surface area contributed by atoms with E-state index in [1.54, 1.807) is 9.80 Å². The first-order valence-electron chi connectivity index (χ1n) is 7.34. The van der Waals surface area contributed by atoms with E-state index >= 15 is 0 Å². The van der Waals surface area contributed by atoms with E-state index in [4.69, 9.17) is 11.6 Å². The Morgan fingerprint density at radius 2 is 2.10 bits per heavy atom. The molecule has 1 aromatic heterocycles. The Hall–Kier alpha value is -1.07. The second-order valence-corrected chi connectivity index (χ2v) is 7.85. The number of amides is 2. The van der Waals surface area contributed by atoms with Crippen molar-refractivity contribution >= 4 is 34.8 Å². The topological polar surface area (TPSA) is 40.6 Å². The molecule has 6 heteroatoms. The zero-order valence-corrected chi connectivity index (χ0v) is 13.8. The van der Waals surface area contributed by atoms with E-state index in [0.29, 0.717) is 10.9 Å². The van der Waals surface area contributed by atoms with Gasteiger partial charge >= 0.3 is 0 Å². The number of nitrogens with zero attached hydrogens (tertiary/aromatic N) is 2. The van der Waals surface area contributed by atoms with Crippen molar-refractivity contribution in [2.75, 3.05) is 6.54 Å². The first-order valence-corrected chi connectivity index (χ1v) is 8.53. The number of fused-ring (bicyclic) bond motifs is 1. The number of rotatable bonds is 3. The summed E-state index contributed by atoms with van der Waals surface area (Å²) in [6, 6.07) is 3.17. The Bertz CT molecular complexity index is 572. The summed E-state index contributed by atoms with van der Waals surface area (Å²) in [6.07, 6.45) is 1.71. The van der Waals surface area contributed by atoms with Gasteiger partial charge in [0.15, 0.2) is 0 Å². The van der Waals surface area contributed by atoms with Gasteiger partial charge in [0.1, 0.15) is 12.1 Å². The molecule has 2 amide bonds. The Morgan fingerprint density at radius 1 is 1.33 bits per heavy atom. The van der Waals surface area contributed by atoms with Crippen molar-refractivity contribution in [2.24, 2.45) is 5.92 Å². The molecule has 2 unspecified atom stereocenters. The zero-order chi connectivity index (χ0) is 15.1. The SMILES string of the molecule is CC(C)C1C(=O)N2CCCC2C(=O)N1Cc1ccc(Cl)s1. The standard InChI is InChI=1S/C15H19ClN2O2S/c1-9(2)13-15(20)17-7-3-4-11(17)14(19)18(13)8-10-5-6-12(16)21-10/h5-6,9,11,13H,3-4,7-8H2,1-2H3. The smallest absolute Gasteiger partial charge is 0.246 e. The molecule has 2 aliphatic rings. The van der Waals surface area contributed by atoms with Crippen LogP contribution in [0.1, 0.15) is 31.6 Å². The summed E-state index contributed by atoms with van der Waals surface area (Å²) in [6.45, 7) is 5.20. The second kappa shape index (κ2) is 5.61. The van der Waals surface area contributed by atoms with Crippen molar-refractivity contribution in [3.8, 4) is 0 Å². The van der Waals surface area contributed by atoms with Gasteiger partial charge in [-0.15, -0.1) is 11.3 Å². The second-order valence-electron chi connectivity index (χ2n) is 6.05. The molecule has 4 nitrogen and oxygen atoms in total. The lowest BCUT2D eigenvalue weighted by molar-refractivity contribution is -0.162. The minimum Gasteiger partial charge on any atom is -0.329 e. The summed E-state index contributed by atoms with van der Waals surface area (Å²) in [7, 11) is 0. The summed E-state index contributed by atoms with van der Waals surface area (Å²) < 4.78 is 0.712. The number of piperazine rings is 1. The molecule has 2 fully saturated rings. The van der Waals surface area contributed by atoms with E-state index in [1.807, 2.05) is 26.0 Å². The molecular weight excluding hydrogens is 308 g/mol. The van der Waals surface area contributed by atoms with Gasteiger partial charge in [-0.3, -0.25) is 9.59 Å². The lowest BCUT2D eigenvalue weighted by Crippen LogP contribution is -2.63. The van der Waals surface area contributed by atoms with E-state index in [1.165, 1.54) is 11.3 Å². The highest BCUT2D eigenvalue weighted by Crippen LogP contribution is 2.32. The molecule has 2 atom stereocenters. The van der Waals surface area contributed by atoms with Gasteiger partial charge in [0, 0.05) is 11.4 Å². The molecule has 0 aromatic carbocycles. The molecule has 114 valence electrons. The average molecular weight is 327 g/mol. The van der Waals surface area contributed by atoms with Crippen LogP contribution in [-0.4, -0.2) is 40.2 Å². The third-order valence-electron chi connectivity index (χ3n) is 4.28. The maximum Gasteiger partial charge on any atom is 0.246 e. The van der Waals surface area contributed by atoms with Gasteiger partial charge in [-0.25, -0.2) is 0 Å². The Labute approximate surface area is 133 Å². The molecule has 3 heterocycles. The first kappa shape index (κ1) is 14.9. The summed E-state index contributed by atoms with van der Waals surface area (Å²) in [4.78, 5) is 30.1. The van der Waals surface area contributed by atoms with Crippen LogP contribution in [0.2, 0.25) is 4.34 Å². The van der Waals surface area contributed by atoms with Crippen LogP contribution < -0.4 is 0 Å². The van der Waals surface area contributed by atoms with E-state index in [9.17, 15) is 9.59 Å². The molecule has 0 bridgehead atoms. The average Bonchev–Trinajstić information content (AvgIpc) is 3.04. The highest BCUT2D eigenvalue weighted by molar-refractivity contribution is 7.16. The number of hydrogen-bond donors (Lipinski definition) is 0. The minimum absolute atomic E-state index is 0.0929. The normalized spacial score (nSPS) is 25.9. The Kier molecular flexibility index (Phi) is 3.97. The lowest BCUT2D eigenvalue weighted by atomic mass is 9.96. The van der Waals surface area contributed by atoms with E-state index in [-0.39, 0.29) is 29.8 Å². The van der Waals surface area contributed by atoms with Gasteiger partial charge in [-0.05, 0) is 30.9 Å². The fraction of sp³-hybridized carbons (Fsp3) is 0.600. The van der Waals surface area contributed by atoms with Crippen molar-refractivity contribution in [1.82, 2.24) is 9.80 Å². The van der Waals surface area contributed by atoms with Gasteiger partial charge in [-0.1, -0.05) is 25.4 Å². The number of hydrogen-bond acceptors (Lipinski definition) is 3. The van der Waals surface area contributed by atoms with Crippen LogP contribution in [0, 0.1) is 5.92 Å². The molecule has 0 radical (unpaired) electrons. The predicted molar refractivity (Wildman–Crippen MR) is 83.2 cm³/mol. The summed E-state index contributed by atoms with van der Waals surface area (Å²) >= 11 is 7.44. The van der Waals surface area contributed by atoms with Gasteiger partial charge < -0.3 is 9.80 Å². The van der Waals surface area contributed by atoms with E-state index < -0.39 is 0 Å². The Morgan fingerprint density at radius 3 is 2.71 bits per heavy atom. The minimum atomic E-state index is -0.354. The van der Waals surface area contributed by atoms with Crippen molar-refractivity contribution < 1.29 is 9.59 Å². The molecule has 2 saturated heterocycles. The summed E-state index contributed by atoms with van der Waals surface area (Å²) in [5.41, 5.74) is 0. The summed E-state index contributed by atoms with van der Waals surface area (Å²) in [5.74, 6) is 0.309. The number of carbonyl (C=O) groups excluding carboxylic acids is 2. The third kappa shape index (κ3) is 2.57. The fourth-order valence-corrected chi connectivity index (χ4v) is 4.43. The highest BCUT2D eigenvalue weighted by Gasteiger charge is 2.48. The quantitative estimate of drug-likeness (QED) is 0.857. The van der Waals surface area contributed by atoms with Crippen LogP contribution in [0.4, 0.5) is 0 Å². The molecule has 0 spiro atoms. The molecule has 0 aliphatic carbocycles. The van der Waals surface area contributed by atoms with Gasteiger partial charge in [0.25, 0.3) is 0 Å². The fourth-order valence-electron chi connectivity index (χ4n) is 3.34. The summed E-state index contributed by atoms with van der Waals surface area (Å²) in [5, 5.41) is 0. The number of thiophene rings is 1. The van der Waals surface area contributed by atoms with Crippen LogP contribution >= 0.6 is 22.9 Å². The molecular formula is C15H19ClN2O2S. The highest BCUT2D eigenvalue weighted by atomic mass is 35.5. The molecule has 1 aromatic rings. The van der Waals surface area contributed by atoms with Crippen molar-refractivity contribution in [3.63, 3.8) is 0 Å². The van der Waals surface area contributed by atoms with Crippen molar-refractivity contribution in [3.05, 3.63) is 21.3 Å². The molecule has 2 aliphatic heterocycles. The molecule has 3 rings (SSSR count). The first-order chi connectivity index (χ1) is 9.99. The van der Waals surface area contributed by atoms with Gasteiger partial charge in [0.05, 0.1) is 10.9 Å². The van der Waals surface area contributed by atoms with Crippen molar-refractivity contribution in [1.29, 1.82) is 0 Å². The lowest BCUT2D eigenvalue weighted by Gasteiger charge is -2.43. The third-order valence-corrected chi connectivity index (χ3v) is 5.50. The van der Waals surface area contributed by atoms with Crippen LogP contribution in [0.5, 0.6) is 0 Å². The molecule has 0 saturated carbocycles. The van der Waals surface area contributed by atoms with E-state index in [2.05, 4.69) is 0 Å². The maximum atomic E-state index is 12.8. The zero-order valence-electron chi connectivity index (χ0n) is 12.2. The van der Waals surface area contributed by atoms with Crippen LogP contribution in [0.15, 0.2) is 12.1 Å². The Balaban J connectivity index is 1.90. The van der Waals surface area contributed by atoms with Gasteiger partial charge in [0.2, 0.25) is 11.8 Å². The number of halogens is 1. The number of carbonyl (C=O) groups is 2. The predicted octanol–water partition coefficient (Wildman–Crippen LogP) is 2.76. The van der Waals surface area contributed by atoms with Crippen LogP contribution in [0.3, 0.4) is 0 Å².